The van der Waals surface area contributed by atoms with Gasteiger partial charge in [0.05, 0.1) is 16.8 Å². The first-order valence-corrected chi connectivity index (χ1v) is 14.2. The van der Waals surface area contributed by atoms with Crippen molar-refractivity contribution in [2.45, 2.75) is 83.1 Å². The normalized spacial score (nSPS) is 8.53. The summed E-state index contributed by atoms with van der Waals surface area (Å²) in [5.41, 5.74) is 5.91. The molecule has 38 heavy (non-hydrogen) atoms. The van der Waals surface area contributed by atoms with E-state index in [-0.39, 0.29) is 8.41 Å². The topological polar surface area (TPSA) is 67.1 Å². The number of nitrogens with one attached hydrogen (secondary N) is 2. The third kappa shape index (κ3) is 11.4. The minimum atomic E-state index is 0. The van der Waals surface area contributed by atoms with Crippen LogP contribution in [0, 0.1) is 0 Å². The third-order valence-electron chi connectivity index (χ3n) is 4.30. The second-order valence-electron chi connectivity index (χ2n) is 6.16. The molecule has 2 N–H and O–H groups in total. The Hall–Kier alpha value is -3.35. The minimum Gasteiger partial charge on any atom is -0.385 e. The van der Waals surface area contributed by atoms with Crippen LogP contribution in [-0.2, 0) is 0 Å². The molecule has 0 unspecified atom stereocenters. The summed E-state index contributed by atoms with van der Waals surface area (Å²) in [7, 11) is 0. The summed E-state index contributed by atoms with van der Waals surface area (Å²) in [6.07, 6.45) is 3.74. The highest BCUT2D eigenvalue weighted by molar-refractivity contribution is 5.91. The van der Waals surface area contributed by atoms with Gasteiger partial charge in [-0.1, -0.05) is 87.4 Å². The number of hydrogen-bond acceptors (Lipinski definition) is 5. The van der Waals surface area contributed by atoms with Gasteiger partial charge < -0.3 is 10.6 Å². The van der Waals surface area contributed by atoms with Gasteiger partial charge in [0.25, 0.3) is 0 Å². The molecule has 0 amide bonds. The van der Waals surface area contributed by atoms with E-state index in [4.69, 9.17) is 10.1 Å². The third-order valence-corrected chi connectivity index (χ3v) is 4.30. The van der Waals surface area contributed by atoms with Crippen LogP contribution in [0.15, 0.2) is 60.9 Å². The van der Waals surface area contributed by atoms with Crippen molar-refractivity contribution in [3.63, 3.8) is 0 Å². The molecule has 6 nitrogen and oxygen atoms in total. The predicted molar refractivity (Wildman–Crippen MR) is 172 cm³/mol. The number of hydrogen-bond donors (Lipinski definition) is 2. The first-order chi connectivity index (χ1) is 18.3. The highest BCUT2D eigenvalue weighted by Gasteiger charge is 2.18. The van der Waals surface area contributed by atoms with E-state index in [0.29, 0.717) is 5.95 Å². The van der Waals surface area contributed by atoms with Gasteiger partial charge >= 0.3 is 0 Å². The molecule has 7 heteroatoms. The van der Waals surface area contributed by atoms with Crippen LogP contribution in [0.5, 0.6) is 0 Å². The molecular weight excluding hydrogens is 467 g/mol. The van der Waals surface area contributed by atoms with Gasteiger partial charge in [0, 0.05) is 45.1 Å². The molecule has 4 aromatic rings. The van der Waals surface area contributed by atoms with Gasteiger partial charge in [0.15, 0.2) is 0 Å². The minimum absolute atomic E-state index is 0. The van der Waals surface area contributed by atoms with E-state index in [1.807, 2.05) is 111 Å². The predicted octanol–water partition coefficient (Wildman–Crippen LogP) is 9.07. The molecule has 0 aliphatic carbocycles. The largest absolute Gasteiger partial charge is 0.385 e. The highest BCUT2D eigenvalue weighted by Crippen LogP contribution is 2.35. The fourth-order valence-corrected chi connectivity index (χ4v) is 3.18. The monoisotopic (exact) mass is 519 g/mol. The Labute approximate surface area is 235 Å². The molecule has 0 saturated carbocycles. The van der Waals surface area contributed by atoms with Crippen molar-refractivity contribution in [1.29, 1.82) is 0 Å². The number of pyridine rings is 1. The van der Waals surface area contributed by atoms with Crippen LogP contribution in [0.4, 0.5) is 11.6 Å². The zero-order valence-electron chi connectivity index (χ0n) is 26.1. The maximum atomic E-state index is 4.84. The summed E-state index contributed by atoms with van der Waals surface area (Å²) in [5.74, 6) is 0.623. The van der Waals surface area contributed by atoms with Crippen LogP contribution in [-0.4, -0.2) is 41.1 Å². The molecule has 0 bridgehead atoms. The van der Waals surface area contributed by atoms with E-state index in [2.05, 4.69) is 46.8 Å². The molecule has 209 valence electrons. The number of benzene rings is 1. The molecule has 3 heterocycles. The Morgan fingerprint density at radius 1 is 0.737 bits per heavy atom. The van der Waals surface area contributed by atoms with Gasteiger partial charge in [-0.05, 0) is 44.2 Å². The van der Waals surface area contributed by atoms with Crippen molar-refractivity contribution in [3.05, 3.63) is 60.9 Å². The van der Waals surface area contributed by atoms with Crippen molar-refractivity contribution >= 4 is 25.6 Å². The summed E-state index contributed by atoms with van der Waals surface area (Å²) in [5, 5.41) is 11.4. The average molecular weight is 520 g/mol. The van der Waals surface area contributed by atoms with Crippen LogP contribution < -0.4 is 10.6 Å². The van der Waals surface area contributed by atoms with Crippen molar-refractivity contribution in [2.75, 3.05) is 23.7 Å². The lowest BCUT2D eigenvalue weighted by atomic mass is 10.0. The molecule has 0 aliphatic heterocycles. The van der Waals surface area contributed by atoms with E-state index in [0.717, 1.165) is 46.8 Å². The second-order valence-corrected chi connectivity index (χ2v) is 6.16. The molecule has 0 aliphatic rings. The summed E-state index contributed by atoms with van der Waals surface area (Å²) in [6.45, 7) is 25.8. The molecule has 0 fully saturated rings. The summed E-state index contributed by atoms with van der Waals surface area (Å²) >= 11 is 0. The molecule has 3 aromatic heterocycles. The van der Waals surface area contributed by atoms with Crippen molar-refractivity contribution in [1.82, 2.24) is 19.6 Å². The molecule has 0 saturated heterocycles. The van der Waals surface area contributed by atoms with E-state index in [1.54, 1.807) is 6.20 Å². The Bertz CT molecular complexity index is 1080. The van der Waals surface area contributed by atoms with Crippen LogP contribution in [0.2, 0.25) is 0 Å². The van der Waals surface area contributed by atoms with Crippen molar-refractivity contribution in [3.8, 4) is 22.5 Å². The molecule has 0 spiro atoms. The van der Waals surface area contributed by atoms with Gasteiger partial charge in [0.1, 0.15) is 5.69 Å². The smallest absolute Gasteiger partial charge is 0.223 e. The van der Waals surface area contributed by atoms with Crippen molar-refractivity contribution in [2.24, 2.45) is 0 Å². The number of nitrogens with zero attached hydrogens (tertiary/aromatic N) is 4. The average Bonchev–Trinajstić information content (AvgIpc) is 3.39. The van der Waals surface area contributed by atoms with E-state index in [9.17, 15) is 0 Å². The number of anilines is 2. The maximum absolute atomic E-state index is 4.84. The highest BCUT2D eigenvalue weighted by atomic mass is 15.2. The zero-order valence-corrected chi connectivity index (χ0v) is 26.1. The van der Waals surface area contributed by atoms with Gasteiger partial charge in [-0.25, -0.2) is 14.5 Å². The first kappa shape index (κ1) is 39.2. The standard InChI is InChI=1S/C21H22N6.5C2H6.B/c1-3-22-16-9-7-8-15(14-16)20-19(18-10-5-6-13-27(18)26-20)17-11-12-24-21(25-17)23-4-2;5*1-2;/h5-14,22H,3-4H2,1-2H3,(H,23,24,25);5*1-2H3;. The first-order valence-electron chi connectivity index (χ1n) is 14.2. The zero-order chi connectivity index (χ0) is 28.6. The fraction of sp³-hybridized carbons (Fsp3) is 0.452. The molecule has 1 aromatic carbocycles. The Morgan fingerprint density at radius 2 is 1.37 bits per heavy atom. The maximum Gasteiger partial charge on any atom is 0.223 e. The number of fused-ring (bicyclic) bond motifs is 1. The Balaban J connectivity index is -0.00000100. The van der Waals surface area contributed by atoms with E-state index in [1.165, 1.54) is 0 Å². The Morgan fingerprint density at radius 3 is 1.97 bits per heavy atom. The van der Waals surface area contributed by atoms with Gasteiger partial charge in [-0.15, -0.1) is 0 Å². The second kappa shape index (κ2) is 25.3. The summed E-state index contributed by atoms with van der Waals surface area (Å²) in [6, 6.07) is 16.3. The van der Waals surface area contributed by atoms with Gasteiger partial charge in [-0.3, -0.25) is 0 Å². The van der Waals surface area contributed by atoms with Crippen molar-refractivity contribution < 1.29 is 0 Å². The molecule has 0 atom stereocenters. The quantitative estimate of drug-likeness (QED) is 0.249. The Kier molecular flexibility index (Phi) is 26.1. The molecule has 4 rings (SSSR count). The van der Waals surface area contributed by atoms with Gasteiger partial charge in [0.2, 0.25) is 5.95 Å². The van der Waals surface area contributed by atoms with E-state index < -0.39 is 0 Å². The van der Waals surface area contributed by atoms with E-state index >= 15 is 0 Å². The lowest BCUT2D eigenvalue weighted by molar-refractivity contribution is 0.966. The SMILES string of the molecule is CC.CC.CC.CC.CC.CCNc1cccc(-c2nn3ccccc3c2-c2ccnc(NCC)n2)c1.[B]. The van der Waals surface area contributed by atoms with Crippen LogP contribution in [0.1, 0.15) is 83.1 Å². The summed E-state index contributed by atoms with van der Waals surface area (Å²) < 4.78 is 1.90. The van der Waals surface area contributed by atoms with Gasteiger partial charge in [-0.2, -0.15) is 5.10 Å². The van der Waals surface area contributed by atoms with Crippen LogP contribution in [0.3, 0.4) is 0 Å². The lowest BCUT2D eigenvalue weighted by Gasteiger charge is -2.08. The van der Waals surface area contributed by atoms with Crippen LogP contribution >= 0.6 is 0 Å². The van der Waals surface area contributed by atoms with Crippen LogP contribution in [0.25, 0.3) is 28.0 Å². The molecule has 3 radical (unpaired) electrons. The number of rotatable bonds is 6. The fourth-order valence-electron chi connectivity index (χ4n) is 3.18. The number of aromatic nitrogens is 4. The summed E-state index contributed by atoms with van der Waals surface area (Å²) in [4.78, 5) is 9.01. The molecular formula is C31H52BN6. The lowest BCUT2D eigenvalue weighted by Crippen LogP contribution is -2.02.